The molecule has 108 valence electrons. The summed E-state index contributed by atoms with van der Waals surface area (Å²) >= 11 is 0. The first kappa shape index (κ1) is 15.9. The maximum atomic E-state index is 13.3. The number of hydrogen-bond donors (Lipinski definition) is 2. The average molecular weight is 271 g/mol. The summed E-state index contributed by atoms with van der Waals surface area (Å²) in [5, 5.41) is 12.8. The highest BCUT2D eigenvalue weighted by Gasteiger charge is 2.13. The van der Waals surface area contributed by atoms with Crippen LogP contribution in [0.4, 0.5) is 4.39 Å². The van der Waals surface area contributed by atoms with E-state index in [1.165, 1.54) is 19.2 Å². The standard InChI is InChI=1S/C14H22FNO3/c1-4-16-10(2)13-6-5-11(15)7-14(13)19-9-12(17)8-18-3/h5-7,10,12,16-17H,4,8-9H2,1-3H3. The van der Waals surface area contributed by atoms with Crippen molar-refractivity contribution in [3.8, 4) is 5.75 Å². The van der Waals surface area contributed by atoms with E-state index in [0.717, 1.165) is 12.1 Å². The maximum Gasteiger partial charge on any atom is 0.127 e. The van der Waals surface area contributed by atoms with Gasteiger partial charge in [-0.3, -0.25) is 0 Å². The number of rotatable bonds is 8. The summed E-state index contributed by atoms with van der Waals surface area (Å²) in [6.07, 6.45) is -0.726. The lowest BCUT2D eigenvalue weighted by atomic mass is 10.1. The van der Waals surface area contributed by atoms with Crippen LogP contribution in [0, 0.1) is 5.82 Å². The molecule has 0 bridgehead atoms. The van der Waals surface area contributed by atoms with Gasteiger partial charge in [0.1, 0.15) is 24.3 Å². The Bertz CT molecular complexity index is 387. The highest BCUT2D eigenvalue weighted by molar-refractivity contribution is 5.36. The number of nitrogens with one attached hydrogen (secondary N) is 1. The van der Waals surface area contributed by atoms with Gasteiger partial charge in [0.15, 0.2) is 0 Å². The molecule has 2 unspecified atom stereocenters. The molecule has 1 aromatic carbocycles. The molecule has 0 saturated heterocycles. The zero-order chi connectivity index (χ0) is 14.3. The highest BCUT2D eigenvalue weighted by atomic mass is 19.1. The Hall–Kier alpha value is -1.17. The van der Waals surface area contributed by atoms with Gasteiger partial charge in [-0.25, -0.2) is 4.39 Å². The van der Waals surface area contributed by atoms with Gasteiger partial charge in [0.05, 0.1) is 6.61 Å². The van der Waals surface area contributed by atoms with E-state index in [-0.39, 0.29) is 25.1 Å². The Labute approximate surface area is 113 Å². The van der Waals surface area contributed by atoms with E-state index in [9.17, 15) is 9.50 Å². The molecule has 19 heavy (non-hydrogen) atoms. The molecule has 0 aliphatic rings. The van der Waals surface area contributed by atoms with Crippen molar-refractivity contribution in [3.63, 3.8) is 0 Å². The third-order valence-corrected chi connectivity index (χ3v) is 2.74. The minimum Gasteiger partial charge on any atom is -0.490 e. The molecule has 0 fully saturated rings. The summed E-state index contributed by atoms with van der Waals surface area (Å²) in [6.45, 7) is 5.05. The molecule has 0 saturated carbocycles. The van der Waals surface area contributed by atoms with Crippen molar-refractivity contribution in [1.82, 2.24) is 5.32 Å². The monoisotopic (exact) mass is 271 g/mol. The van der Waals surface area contributed by atoms with Crippen LogP contribution in [0.25, 0.3) is 0 Å². The van der Waals surface area contributed by atoms with Crippen LogP contribution in [0.1, 0.15) is 25.5 Å². The lowest BCUT2D eigenvalue weighted by Gasteiger charge is -2.19. The van der Waals surface area contributed by atoms with Crippen molar-refractivity contribution in [2.45, 2.75) is 26.0 Å². The molecule has 0 aromatic heterocycles. The van der Waals surface area contributed by atoms with Gasteiger partial charge in [0.2, 0.25) is 0 Å². The number of aliphatic hydroxyl groups is 1. The van der Waals surface area contributed by atoms with Crippen LogP contribution in [0.15, 0.2) is 18.2 Å². The second-order valence-electron chi connectivity index (χ2n) is 4.38. The van der Waals surface area contributed by atoms with E-state index in [1.54, 1.807) is 6.07 Å². The van der Waals surface area contributed by atoms with Gasteiger partial charge >= 0.3 is 0 Å². The summed E-state index contributed by atoms with van der Waals surface area (Å²) in [5.74, 6) is 0.0901. The molecular formula is C14H22FNO3. The maximum absolute atomic E-state index is 13.3. The van der Waals surface area contributed by atoms with Crippen LogP contribution in [0.2, 0.25) is 0 Å². The largest absolute Gasteiger partial charge is 0.490 e. The molecule has 2 atom stereocenters. The predicted molar refractivity (Wildman–Crippen MR) is 71.9 cm³/mol. The molecule has 0 spiro atoms. The number of methoxy groups -OCH3 is 1. The van der Waals surface area contributed by atoms with Gasteiger partial charge in [0, 0.05) is 24.8 Å². The Morgan fingerprint density at radius 3 is 2.74 bits per heavy atom. The quantitative estimate of drug-likeness (QED) is 0.758. The van der Waals surface area contributed by atoms with Crippen molar-refractivity contribution in [3.05, 3.63) is 29.6 Å². The van der Waals surface area contributed by atoms with Crippen molar-refractivity contribution in [2.75, 3.05) is 26.9 Å². The first-order chi connectivity index (χ1) is 9.08. The van der Waals surface area contributed by atoms with Gasteiger partial charge in [-0.1, -0.05) is 13.0 Å². The van der Waals surface area contributed by atoms with E-state index >= 15 is 0 Å². The molecule has 1 aromatic rings. The molecular weight excluding hydrogens is 249 g/mol. The zero-order valence-corrected chi connectivity index (χ0v) is 11.6. The number of halogens is 1. The summed E-state index contributed by atoms with van der Waals surface area (Å²) in [6, 6.07) is 4.49. The SMILES string of the molecule is CCNC(C)c1ccc(F)cc1OCC(O)COC. The van der Waals surface area contributed by atoms with Gasteiger partial charge in [0.25, 0.3) is 0 Å². The first-order valence-electron chi connectivity index (χ1n) is 6.41. The van der Waals surface area contributed by atoms with E-state index < -0.39 is 6.10 Å². The second-order valence-corrected chi connectivity index (χ2v) is 4.38. The fourth-order valence-electron chi connectivity index (χ4n) is 1.83. The van der Waals surface area contributed by atoms with Crippen LogP contribution in [-0.2, 0) is 4.74 Å². The Morgan fingerprint density at radius 2 is 2.11 bits per heavy atom. The topological polar surface area (TPSA) is 50.7 Å². The second kappa shape index (κ2) is 8.09. The summed E-state index contributed by atoms with van der Waals surface area (Å²) in [5.41, 5.74) is 0.868. The molecule has 5 heteroatoms. The molecule has 0 aliphatic heterocycles. The van der Waals surface area contributed by atoms with Crippen LogP contribution < -0.4 is 10.1 Å². The van der Waals surface area contributed by atoms with Crippen LogP contribution in [-0.4, -0.2) is 38.1 Å². The normalized spacial score (nSPS) is 14.2. The van der Waals surface area contributed by atoms with Gasteiger partial charge in [-0.2, -0.15) is 0 Å². The minimum absolute atomic E-state index is 0.0557. The molecule has 0 heterocycles. The van der Waals surface area contributed by atoms with Crippen molar-refractivity contribution in [1.29, 1.82) is 0 Å². The minimum atomic E-state index is -0.726. The number of ether oxygens (including phenoxy) is 2. The number of hydrogen-bond acceptors (Lipinski definition) is 4. The van der Waals surface area contributed by atoms with Gasteiger partial charge in [-0.15, -0.1) is 0 Å². The highest BCUT2D eigenvalue weighted by Crippen LogP contribution is 2.26. The fraction of sp³-hybridized carbons (Fsp3) is 0.571. The predicted octanol–water partition coefficient (Wildman–Crippen LogP) is 1.88. The van der Waals surface area contributed by atoms with E-state index in [4.69, 9.17) is 9.47 Å². The fourth-order valence-corrected chi connectivity index (χ4v) is 1.83. The van der Waals surface area contributed by atoms with Crippen molar-refractivity contribution >= 4 is 0 Å². The smallest absolute Gasteiger partial charge is 0.127 e. The summed E-state index contributed by atoms with van der Waals surface area (Å²) in [7, 11) is 1.50. The van der Waals surface area contributed by atoms with Crippen LogP contribution in [0.5, 0.6) is 5.75 Å². The molecule has 0 amide bonds. The Balaban J connectivity index is 2.76. The lowest BCUT2D eigenvalue weighted by molar-refractivity contribution is 0.0321. The van der Waals surface area contributed by atoms with E-state index in [0.29, 0.717) is 5.75 Å². The van der Waals surface area contributed by atoms with Gasteiger partial charge in [-0.05, 0) is 19.5 Å². The van der Waals surface area contributed by atoms with Gasteiger partial charge < -0.3 is 19.9 Å². The van der Waals surface area contributed by atoms with E-state index in [2.05, 4.69) is 5.32 Å². The van der Waals surface area contributed by atoms with E-state index in [1.807, 2.05) is 13.8 Å². The Morgan fingerprint density at radius 1 is 1.37 bits per heavy atom. The summed E-state index contributed by atoms with van der Waals surface area (Å²) < 4.78 is 23.6. The molecule has 1 rings (SSSR count). The summed E-state index contributed by atoms with van der Waals surface area (Å²) in [4.78, 5) is 0. The molecule has 0 aliphatic carbocycles. The number of benzene rings is 1. The average Bonchev–Trinajstić information content (AvgIpc) is 2.37. The van der Waals surface area contributed by atoms with Crippen LogP contribution in [0.3, 0.4) is 0 Å². The third-order valence-electron chi connectivity index (χ3n) is 2.74. The number of aliphatic hydroxyl groups excluding tert-OH is 1. The molecule has 2 N–H and O–H groups in total. The lowest BCUT2D eigenvalue weighted by Crippen LogP contribution is -2.24. The third kappa shape index (κ3) is 5.14. The zero-order valence-electron chi connectivity index (χ0n) is 11.6. The molecule has 0 radical (unpaired) electrons. The first-order valence-corrected chi connectivity index (χ1v) is 6.41. The Kier molecular flexibility index (Phi) is 6.77. The van der Waals surface area contributed by atoms with Crippen molar-refractivity contribution in [2.24, 2.45) is 0 Å². The van der Waals surface area contributed by atoms with Crippen LogP contribution >= 0.6 is 0 Å². The molecule has 4 nitrogen and oxygen atoms in total. The van der Waals surface area contributed by atoms with Crippen molar-refractivity contribution < 1.29 is 19.0 Å².